The Kier molecular flexibility index (Phi) is 6.28. The molecule has 3 rings (SSSR count). The Balaban J connectivity index is 1.79. The van der Waals surface area contributed by atoms with E-state index in [4.69, 9.17) is 10.5 Å². The Morgan fingerprint density at radius 3 is 2.79 bits per heavy atom. The number of hydrogen-bond acceptors (Lipinski definition) is 4. The predicted octanol–water partition coefficient (Wildman–Crippen LogP) is 3.83. The third kappa shape index (κ3) is 3.87. The summed E-state index contributed by atoms with van der Waals surface area (Å²) in [5.74, 6) is 0.709. The summed E-state index contributed by atoms with van der Waals surface area (Å²) < 4.78 is 6.33. The number of benzene rings is 1. The fourth-order valence-corrected chi connectivity index (χ4v) is 4.30. The third-order valence-corrected chi connectivity index (χ3v) is 5.88. The molecule has 0 spiro atoms. The van der Waals surface area contributed by atoms with Gasteiger partial charge in [-0.05, 0) is 51.3 Å². The fourth-order valence-electron chi connectivity index (χ4n) is 4.30. The zero-order valence-electron chi connectivity index (χ0n) is 17.0. The van der Waals surface area contributed by atoms with Crippen LogP contribution in [0.15, 0.2) is 41.7 Å². The number of carbonyl (C=O) groups excluding carboxylic acids is 1. The lowest BCUT2D eigenvalue weighted by Crippen LogP contribution is -2.35. The van der Waals surface area contributed by atoms with Gasteiger partial charge in [0.05, 0.1) is 0 Å². The maximum atomic E-state index is 12.6. The number of nitrogens with two attached hydrogens (primary N) is 1. The molecule has 5 heteroatoms. The highest BCUT2D eigenvalue weighted by Gasteiger charge is 2.42. The highest BCUT2D eigenvalue weighted by molar-refractivity contribution is 5.94. The second-order valence-electron chi connectivity index (χ2n) is 7.62. The largest absolute Gasteiger partial charge is 0.474 e. The average molecular weight is 382 g/mol. The third-order valence-electron chi connectivity index (χ3n) is 5.88. The molecular weight excluding hydrogens is 350 g/mol. The molecule has 150 valence electrons. The molecule has 1 unspecified atom stereocenters. The SMILES string of the molecule is C=C=C1OC(CCN)(CCNC(=O)C2=C(C)CCCC2)c2ccc(NC)cc21. The number of ether oxygens (including phenoxy) is 1. The van der Waals surface area contributed by atoms with Crippen LogP contribution in [0.2, 0.25) is 0 Å². The predicted molar refractivity (Wildman–Crippen MR) is 114 cm³/mol. The molecule has 0 fully saturated rings. The molecule has 4 N–H and O–H groups in total. The zero-order valence-corrected chi connectivity index (χ0v) is 17.0. The molecule has 0 bridgehead atoms. The number of amides is 1. The van der Waals surface area contributed by atoms with Crippen LogP contribution in [-0.4, -0.2) is 26.0 Å². The van der Waals surface area contributed by atoms with Crippen LogP contribution in [0.25, 0.3) is 5.76 Å². The van der Waals surface area contributed by atoms with Gasteiger partial charge in [0.2, 0.25) is 5.91 Å². The standard InChI is InChI=1S/C23H31N3O2/c1-4-21-19-15-17(25-3)9-10-20(19)23(28-21,11-13-24)12-14-26-22(27)18-8-6-5-7-16(18)2/h9-10,15,25H,1,5-8,11-14,24H2,2-3H3,(H,26,27). The first kappa shape index (κ1) is 20.2. The van der Waals surface area contributed by atoms with Crippen molar-refractivity contribution in [1.82, 2.24) is 5.32 Å². The van der Waals surface area contributed by atoms with E-state index in [9.17, 15) is 4.79 Å². The number of hydrogen-bond donors (Lipinski definition) is 3. The molecule has 0 aromatic heterocycles. The molecule has 1 amide bonds. The summed E-state index contributed by atoms with van der Waals surface area (Å²) in [6.07, 6.45) is 5.49. The zero-order chi connectivity index (χ0) is 20.1. The number of nitrogens with one attached hydrogen (secondary N) is 2. The number of rotatable bonds is 7. The fraction of sp³-hybridized carbons (Fsp3) is 0.478. The maximum absolute atomic E-state index is 12.6. The monoisotopic (exact) mass is 381 g/mol. The summed E-state index contributed by atoms with van der Waals surface area (Å²) in [5, 5.41) is 6.26. The molecule has 28 heavy (non-hydrogen) atoms. The van der Waals surface area contributed by atoms with Crippen molar-refractivity contribution < 1.29 is 9.53 Å². The molecule has 1 aliphatic heterocycles. The van der Waals surface area contributed by atoms with Gasteiger partial charge < -0.3 is 21.1 Å². The molecule has 0 saturated heterocycles. The van der Waals surface area contributed by atoms with Gasteiger partial charge in [0.25, 0.3) is 0 Å². The minimum absolute atomic E-state index is 0.0586. The van der Waals surface area contributed by atoms with Crippen LogP contribution in [0.4, 0.5) is 5.69 Å². The van der Waals surface area contributed by atoms with E-state index in [1.54, 1.807) is 0 Å². The molecule has 1 aliphatic carbocycles. The Bertz CT molecular complexity index is 836. The van der Waals surface area contributed by atoms with Crippen molar-refractivity contribution in [2.45, 2.75) is 51.0 Å². The molecule has 0 saturated carbocycles. The minimum Gasteiger partial charge on any atom is -0.474 e. The summed E-state index contributed by atoms with van der Waals surface area (Å²) >= 11 is 0. The van der Waals surface area contributed by atoms with Gasteiger partial charge in [-0.1, -0.05) is 23.9 Å². The maximum Gasteiger partial charge on any atom is 0.247 e. The van der Waals surface area contributed by atoms with Crippen LogP contribution in [0.3, 0.4) is 0 Å². The van der Waals surface area contributed by atoms with Crippen LogP contribution in [0, 0.1) is 0 Å². The van der Waals surface area contributed by atoms with Gasteiger partial charge in [-0.25, -0.2) is 0 Å². The van der Waals surface area contributed by atoms with Gasteiger partial charge >= 0.3 is 0 Å². The highest BCUT2D eigenvalue weighted by Crippen LogP contribution is 2.47. The first-order valence-electron chi connectivity index (χ1n) is 10.1. The first-order valence-corrected chi connectivity index (χ1v) is 10.1. The molecule has 0 radical (unpaired) electrons. The molecule has 1 atom stereocenters. The number of anilines is 1. The minimum atomic E-state index is -0.556. The Hall–Kier alpha value is -2.49. The van der Waals surface area contributed by atoms with Crippen molar-refractivity contribution in [1.29, 1.82) is 0 Å². The Morgan fingerprint density at radius 1 is 1.32 bits per heavy atom. The van der Waals surface area contributed by atoms with Crippen LogP contribution < -0.4 is 16.4 Å². The summed E-state index contributed by atoms with van der Waals surface area (Å²) in [6, 6.07) is 6.17. The smallest absolute Gasteiger partial charge is 0.247 e. The molecular formula is C23H31N3O2. The second kappa shape index (κ2) is 8.68. The molecule has 2 aliphatic rings. The lowest BCUT2D eigenvalue weighted by molar-refractivity contribution is -0.118. The van der Waals surface area contributed by atoms with Gasteiger partial charge in [0.1, 0.15) is 5.60 Å². The van der Waals surface area contributed by atoms with Crippen molar-refractivity contribution in [2.24, 2.45) is 5.73 Å². The van der Waals surface area contributed by atoms with Crippen LogP contribution >= 0.6 is 0 Å². The number of carbonyl (C=O) groups is 1. The van der Waals surface area contributed by atoms with E-state index < -0.39 is 5.60 Å². The number of allylic oxidation sites excluding steroid dienone is 1. The summed E-state index contributed by atoms with van der Waals surface area (Å²) in [4.78, 5) is 12.6. The average Bonchev–Trinajstić information content (AvgIpc) is 3.01. The van der Waals surface area contributed by atoms with E-state index in [-0.39, 0.29) is 5.91 Å². The van der Waals surface area contributed by atoms with E-state index in [1.165, 1.54) is 12.0 Å². The van der Waals surface area contributed by atoms with Crippen molar-refractivity contribution in [3.8, 4) is 0 Å². The second-order valence-corrected chi connectivity index (χ2v) is 7.62. The Morgan fingerprint density at radius 2 is 2.11 bits per heavy atom. The van der Waals surface area contributed by atoms with Crippen molar-refractivity contribution in [3.63, 3.8) is 0 Å². The van der Waals surface area contributed by atoms with Crippen molar-refractivity contribution >= 4 is 17.4 Å². The van der Waals surface area contributed by atoms with E-state index >= 15 is 0 Å². The van der Waals surface area contributed by atoms with Gasteiger partial charge in [-0.2, -0.15) is 0 Å². The molecule has 5 nitrogen and oxygen atoms in total. The summed E-state index contributed by atoms with van der Waals surface area (Å²) in [7, 11) is 1.89. The van der Waals surface area contributed by atoms with Gasteiger partial charge in [-0.3, -0.25) is 4.79 Å². The van der Waals surface area contributed by atoms with Crippen molar-refractivity contribution in [3.05, 3.63) is 52.8 Å². The van der Waals surface area contributed by atoms with Crippen LogP contribution in [-0.2, 0) is 15.1 Å². The van der Waals surface area contributed by atoms with Crippen molar-refractivity contribution in [2.75, 3.05) is 25.5 Å². The number of fused-ring (bicyclic) bond motifs is 1. The van der Waals surface area contributed by atoms with Gasteiger partial charge in [0.15, 0.2) is 5.76 Å². The van der Waals surface area contributed by atoms with E-state index in [1.807, 2.05) is 13.1 Å². The Labute approximate surface area is 167 Å². The molecule has 1 heterocycles. The first-order chi connectivity index (χ1) is 13.5. The van der Waals surface area contributed by atoms with Gasteiger partial charge in [-0.15, -0.1) is 0 Å². The van der Waals surface area contributed by atoms with E-state index in [0.29, 0.717) is 31.7 Å². The van der Waals surface area contributed by atoms with Gasteiger partial charge in [0, 0.05) is 48.8 Å². The van der Waals surface area contributed by atoms with Crippen LogP contribution in [0.1, 0.15) is 56.6 Å². The van der Waals surface area contributed by atoms with E-state index in [2.05, 4.69) is 42.0 Å². The topological polar surface area (TPSA) is 76.4 Å². The lowest BCUT2D eigenvalue weighted by Gasteiger charge is -2.30. The quantitative estimate of drug-likeness (QED) is 0.628. The summed E-state index contributed by atoms with van der Waals surface area (Å²) in [6.45, 7) is 6.89. The van der Waals surface area contributed by atoms with Crippen LogP contribution in [0.5, 0.6) is 0 Å². The lowest BCUT2D eigenvalue weighted by atomic mass is 9.85. The highest BCUT2D eigenvalue weighted by atomic mass is 16.5. The summed E-state index contributed by atoms with van der Waals surface area (Å²) in [5.41, 5.74) is 13.6. The van der Waals surface area contributed by atoms with E-state index in [0.717, 1.165) is 41.6 Å². The normalized spacial score (nSPS) is 21.0. The molecule has 1 aromatic rings. The molecule has 1 aromatic carbocycles.